The molecule has 0 radical (unpaired) electrons. The number of carbonyl (C=O) groups is 1. The van der Waals surface area contributed by atoms with Crippen LogP contribution in [0.15, 0.2) is 30.3 Å². The molecule has 3 rings (SSSR count). The minimum Gasteiger partial charge on any atom is -0.376 e. The van der Waals surface area contributed by atoms with Gasteiger partial charge in [-0.15, -0.1) is 0 Å². The van der Waals surface area contributed by atoms with Crippen molar-refractivity contribution in [1.82, 2.24) is 9.80 Å². The largest absolute Gasteiger partial charge is 0.376 e. The van der Waals surface area contributed by atoms with Crippen molar-refractivity contribution < 1.29 is 9.53 Å². The maximum Gasteiger partial charge on any atom is 0.166 e. The number of likely N-dealkylation sites (tertiary alicyclic amines) is 1. The van der Waals surface area contributed by atoms with E-state index in [1.807, 2.05) is 30.3 Å². The summed E-state index contributed by atoms with van der Waals surface area (Å²) in [5.41, 5.74) is 0.869. The van der Waals surface area contributed by atoms with E-state index in [9.17, 15) is 4.79 Å². The highest BCUT2D eigenvalue weighted by atomic mass is 16.5. The molecular weight excluding hydrogens is 288 g/mol. The van der Waals surface area contributed by atoms with Crippen molar-refractivity contribution in [1.29, 1.82) is 0 Å². The number of hydrogen-bond donors (Lipinski definition) is 0. The van der Waals surface area contributed by atoms with Gasteiger partial charge in [-0.3, -0.25) is 9.69 Å². The summed E-state index contributed by atoms with van der Waals surface area (Å²) in [6.45, 7) is 9.41. The van der Waals surface area contributed by atoms with E-state index >= 15 is 0 Å². The van der Waals surface area contributed by atoms with Crippen molar-refractivity contribution in [3.63, 3.8) is 0 Å². The summed E-state index contributed by atoms with van der Waals surface area (Å²) < 4.78 is 5.59. The van der Waals surface area contributed by atoms with Gasteiger partial charge in [0.2, 0.25) is 0 Å². The van der Waals surface area contributed by atoms with Gasteiger partial charge < -0.3 is 9.64 Å². The highest BCUT2D eigenvalue weighted by Gasteiger charge is 2.26. The van der Waals surface area contributed by atoms with Crippen molar-refractivity contribution >= 4 is 5.78 Å². The molecule has 23 heavy (non-hydrogen) atoms. The number of morpholine rings is 1. The lowest BCUT2D eigenvalue weighted by Crippen LogP contribution is -2.46. The summed E-state index contributed by atoms with van der Waals surface area (Å²) in [6, 6.07) is 9.74. The molecule has 0 aliphatic carbocycles. The predicted octanol–water partition coefficient (Wildman–Crippen LogP) is 2.30. The Balaban J connectivity index is 1.41. The number of nitrogens with zero attached hydrogens (tertiary/aromatic N) is 2. The fourth-order valence-electron chi connectivity index (χ4n) is 3.63. The quantitative estimate of drug-likeness (QED) is 0.781. The van der Waals surface area contributed by atoms with Gasteiger partial charge in [-0.2, -0.15) is 0 Å². The number of Topliss-reactive ketones (excluding diaryl/α,β-unsaturated/α-hetero) is 1. The van der Waals surface area contributed by atoms with E-state index in [-0.39, 0.29) is 5.92 Å². The van der Waals surface area contributed by atoms with Crippen LogP contribution in [-0.2, 0) is 4.74 Å². The summed E-state index contributed by atoms with van der Waals surface area (Å²) in [6.07, 6.45) is 2.35. The van der Waals surface area contributed by atoms with Gasteiger partial charge in [-0.25, -0.2) is 0 Å². The molecule has 0 spiro atoms. The summed E-state index contributed by atoms with van der Waals surface area (Å²) in [4.78, 5) is 17.5. The SMILES string of the molecule is C[C@H]1CN(CCN2CCC(C(=O)c3ccccc3)CC2)CCO1. The highest BCUT2D eigenvalue weighted by molar-refractivity contribution is 5.97. The lowest BCUT2D eigenvalue weighted by atomic mass is 9.89. The van der Waals surface area contributed by atoms with Crippen LogP contribution in [0.2, 0.25) is 0 Å². The van der Waals surface area contributed by atoms with E-state index in [1.165, 1.54) is 0 Å². The first-order valence-electron chi connectivity index (χ1n) is 8.88. The van der Waals surface area contributed by atoms with Gasteiger partial charge in [0.25, 0.3) is 0 Å². The minimum absolute atomic E-state index is 0.206. The summed E-state index contributed by atoms with van der Waals surface area (Å²) in [5, 5.41) is 0. The maximum absolute atomic E-state index is 12.5. The van der Waals surface area contributed by atoms with Gasteiger partial charge in [0.1, 0.15) is 0 Å². The highest BCUT2D eigenvalue weighted by Crippen LogP contribution is 2.21. The number of ether oxygens (including phenoxy) is 1. The Morgan fingerprint density at radius 2 is 1.78 bits per heavy atom. The summed E-state index contributed by atoms with van der Waals surface area (Å²) in [7, 11) is 0. The molecule has 2 aliphatic heterocycles. The Labute approximate surface area is 139 Å². The van der Waals surface area contributed by atoms with E-state index in [0.717, 1.165) is 64.3 Å². The molecule has 4 nitrogen and oxygen atoms in total. The molecular formula is C19H28N2O2. The van der Waals surface area contributed by atoms with E-state index in [4.69, 9.17) is 4.74 Å². The fraction of sp³-hybridized carbons (Fsp3) is 0.632. The van der Waals surface area contributed by atoms with E-state index < -0.39 is 0 Å². The molecule has 4 heteroatoms. The van der Waals surface area contributed by atoms with Crippen molar-refractivity contribution in [3.05, 3.63) is 35.9 Å². The number of piperidine rings is 1. The molecule has 2 heterocycles. The molecule has 1 aromatic rings. The number of benzene rings is 1. The van der Waals surface area contributed by atoms with Crippen LogP contribution in [0.5, 0.6) is 0 Å². The average Bonchev–Trinajstić information content (AvgIpc) is 2.61. The first-order chi connectivity index (χ1) is 11.2. The Morgan fingerprint density at radius 3 is 2.48 bits per heavy atom. The molecule has 0 aromatic heterocycles. The molecule has 0 N–H and O–H groups in total. The van der Waals surface area contributed by atoms with Crippen LogP contribution in [-0.4, -0.2) is 67.6 Å². The zero-order valence-corrected chi connectivity index (χ0v) is 14.1. The Hall–Kier alpha value is -1.23. The molecule has 2 saturated heterocycles. The van der Waals surface area contributed by atoms with E-state index in [0.29, 0.717) is 11.9 Å². The van der Waals surface area contributed by atoms with Crippen LogP contribution in [0.3, 0.4) is 0 Å². The third kappa shape index (κ3) is 4.63. The van der Waals surface area contributed by atoms with Crippen molar-refractivity contribution in [3.8, 4) is 0 Å². The van der Waals surface area contributed by atoms with Crippen LogP contribution in [0.1, 0.15) is 30.1 Å². The second kappa shape index (κ2) is 8.04. The second-order valence-electron chi connectivity index (χ2n) is 6.83. The molecule has 1 aromatic carbocycles. The van der Waals surface area contributed by atoms with Gasteiger partial charge in [0.15, 0.2) is 5.78 Å². The topological polar surface area (TPSA) is 32.8 Å². The average molecular weight is 316 g/mol. The van der Waals surface area contributed by atoms with E-state index in [2.05, 4.69) is 16.7 Å². The van der Waals surface area contributed by atoms with Gasteiger partial charge in [-0.05, 0) is 32.9 Å². The Bertz CT molecular complexity index is 497. The summed E-state index contributed by atoms with van der Waals surface area (Å²) in [5.74, 6) is 0.532. The van der Waals surface area contributed by atoms with Gasteiger partial charge >= 0.3 is 0 Å². The number of carbonyl (C=O) groups excluding carboxylic acids is 1. The molecule has 1 atom stereocenters. The molecule has 2 fully saturated rings. The first kappa shape index (κ1) is 16.6. The third-order valence-corrected chi connectivity index (χ3v) is 5.07. The number of ketones is 1. The zero-order valence-electron chi connectivity index (χ0n) is 14.1. The summed E-state index contributed by atoms with van der Waals surface area (Å²) >= 11 is 0. The lowest BCUT2D eigenvalue weighted by Gasteiger charge is -2.35. The third-order valence-electron chi connectivity index (χ3n) is 5.07. The fourth-order valence-corrected chi connectivity index (χ4v) is 3.63. The number of rotatable bonds is 5. The molecule has 0 saturated carbocycles. The van der Waals surface area contributed by atoms with Crippen LogP contribution in [0, 0.1) is 5.92 Å². The minimum atomic E-state index is 0.206. The van der Waals surface area contributed by atoms with Crippen LogP contribution >= 0.6 is 0 Å². The van der Waals surface area contributed by atoms with Gasteiger partial charge in [0.05, 0.1) is 12.7 Å². The molecule has 0 bridgehead atoms. The van der Waals surface area contributed by atoms with Crippen molar-refractivity contribution in [2.75, 3.05) is 45.9 Å². The van der Waals surface area contributed by atoms with Gasteiger partial charge in [0, 0.05) is 37.7 Å². The first-order valence-corrected chi connectivity index (χ1v) is 8.88. The molecule has 2 aliphatic rings. The predicted molar refractivity (Wildman–Crippen MR) is 91.8 cm³/mol. The van der Waals surface area contributed by atoms with Crippen LogP contribution < -0.4 is 0 Å². The number of hydrogen-bond acceptors (Lipinski definition) is 4. The normalized spacial score (nSPS) is 24.7. The smallest absolute Gasteiger partial charge is 0.166 e. The maximum atomic E-state index is 12.5. The Morgan fingerprint density at radius 1 is 1.09 bits per heavy atom. The monoisotopic (exact) mass is 316 g/mol. The van der Waals surface area contributed by atoms with Crippen molar-refractivity contribution in [2.45, 2.75) is 25.9 Å². The van der Waals surface area contributed by atoms with Crippen LogP contribution in [0.25, 0.3) is 0 Å². The standard InChI is InChI=1S/C19H28N2O2/c1-16-15-21(13-14-23-16)12-11-20-9-7-18(8-10-20)19(22)17-5-3-2-4-6-17/h2-6,16,18H,7-15H2,1H3/t16-/m0/s1. The second-order valence-corrected chi connectivity index (χ2v) is 6.83. The Kier molecular flexibility index (Phi) is 5.81. The molecule has 0 unspecified atom stereocenters. The van der Waals surface area contributed by atoms with E-state index in [1.54, 1.807) is 0 Å². The van der Waals surface area contributed by atoms with Crippen LogP contribution in [0.4, 0.5) is 0 Å². The molecule has 0 amide bonds. The van der Waals surface area contributed by atoms with Gasteiger partial charge in [-0.1, -0.05) is 30.3 Å². The van der Waals surface area contributed by atoms with Crippen molar-refractivity contribution in [2.24, 2.45) is 5.92 Å². The zero-order chi connectivity index (χ0) is 16.1. The lowest BCUT2D eigenvalue weighted by molar-refractivity contribution is -0.0213. The molecule has 126 valence electrons.